The Morgan fingerprint density at radius 3 is 2.58 bits per heavy atom. The molecule has 0 aliphatic heterocycles. The predicted octanol–water partition coefficient (Wildman–Crippen LogP) is 1.87. The van der Waals surface area contributed by atoms with Gasteiger partial charge in [-0.25, -0.2) is 4.98 Å². The topological polar surface area (TPSA) is 50.9 Å². The van der Waals surface area contributed by atoms with Gasteiger partial charge in [0.1, 0.15) is 5.82 Å². The van der Waals surface area contributed by atoms with Crippen LogP contribution in [0.1, 0.15) is 20.8 Å². The molecule has 12 heavy (non-hydrogen) atoms. The average molecular weight is 165 g/mol. The van der Waals surface area contributed by atoms with E-state index in [1.807, 2.05) is 6.07 Å². The van der Waals surface area contributed by atoms with Crippen molar-refractivity contribution in [1.82, 2.24) is 4.98 Å². The Bertz CT molecular complexity index is 263. The van der Waals surface area contributed by atoms with Crippen molar-refractivity contribution >= 4 is 11.5 Å². The number of nitrogens with one attached hydrogen (secondary N) is 1. The normalized spacial score (nSPS) is 11.2. The van der Waals surface area contributed by atoms with Gasteiger partial charge in [-0.1, -0.05) is 0 Å². The van der Waals surface area contributed by atoms with Crippen molar-refractivity contribution in [2.45, 2.75) is 26.3 Å². The molecular formula is C9H15N3. The monoisotopic (exact) mass is 165 g/mol. The molecule has 0 saturated heterocycles. The summed E-state index contributed by atoms with van der Waals surface area (Å²) in [6, 6.07) is 3.60. The number of hydrogen-bond acceptors (Lipinski definition) is 3. The van der Waals surface area contributed by atoms with E-state index in [0.717, 1.165) is 11.5 Å². The number of hydrogen-bond donors (Lipinski definition) is 2. The van der Waals surface area contributed by atoms with E-state index >= 15 is 0 Å². The number of nitrogens with zero attached hydrogens (tertiary/aromatic N) is 1. The van der Waals surface area contributed by atoms with Gasteiger partial charge in [0.15, 0.2) is 0 Å². The molecule has 0 saturated carbocycles. The van der Waals surface area contributed by atoms with Crippen LogP contribution in [0.25, 0.3) is 0 Å². The van der Waals surface area contributed by atoms with Crippen LogP contribution in [0.5, 0.6) is 0 Å². The summed E-state index contributed by atoms with van der Waals surface area (Å²) < 4.78 is 0. The molecule has 3 N–H and O–H groups in total. The number of anilines is 2. The lowest BCUT2D eigenvalue weighted by Crippen LogP contribution is -2.26. The Kier molecular flexibility index (Phi) is 2.22. The fourth-order valence-electron chi connectivity index (χ4n) is 0.899. The Morgan fingerprint density at radius 2 is 2.08 bits per heavy atom. The van der Waals surface area contributed by atoms with Gasteiger partial charge in [-0.05, 0) is 26.8 Å². The third-order valence-corrected chi connectivity index (χ3v) is 1.29. The van der Waals surface area contributed by atoms with Gasteiger partial charge in [0.25, 0.3) is 0 Å². The highest BCUT2D eigenvalue weighted by atomic mass is 15.0. The summed E-state index contributed by atoms with van der Waals surface area (Å²) in [6.07, 6.45) is 1.70. The van der Waals surface area contributed by atoms with Crippen molar-refractivity contribution in [3.8, 4) is 0 Å². The molecule has 0 aliphatic rings. The fraction of sp³-hybridized carbons (Fsp3) is 0.444. The van der Waals surface area contributed by atoms with Gasteiger partial charge < -0.3 is 11.1 Å². The summed E-state index contributed by atoms with van der Waals surface area (Å²) in [6.45, 7) is 6.24. The molecule has 1 aromatic heterocycles. The van der Waals surface area contributed by atoms with Gasteiger partial charge in [0.05, 0.1) is 0 Å². The Labute approximate surface area is 73.0 Å². The summed E-state index contributed by atoms with van der Waals surface area (Å²) in [5.41, 5.74) is 6.36. The molecule has 0 amide bonds. The highest BCUT2D eigenvalue weighted by molar-refractivity contribution is 5.49. The van der Waals surface area contributed by atoms with Crippen LogP contribution in [0.4, 0.5) is 11.5 Å². The van der Waals surface area contributed by atoms with Gasteiger partial charge in [-0.15, -0.1) is 0 Å². The van der Waals surface area contributed by atoms with Crippen LogP contribution in [-0.2, 0) is 0 Å². The zero-order valence-corrected chi connectivity index (χ0v) is 7.76. The minimum absolute atomic E-state index is 0.0286. The van der Waals surface area contributed by atoms with E-state index in [9.17, 15) is 0 Å². The first kappa shape index (κ1) is 8.84. The third kappa shape index (κ3) is 2.78. The van der Waals surface area contributed by atoms with Gasteiger partial charge >= 0.3 is 0 Å². The maximum Gasteiger partial charge on any atom is 0.128 e. The lowest BCUT2D eigenvalue weighted by Gasteiger charge is -2.21. The lowest BCUT2D eigenvalue weighted by atomic mass is 10.1. The molecule has 3 heteroatoms. The first-order valence-corrected chi connectivity index (χ1v) is 3.97. The van der Waals surface area contributed by atoms with Crippen molar-refractivity contribution in [3.05, 3.63) is 18.3 Å². The van der Waals surface area contributed by atoms with Gasteiger partial charge in [-0.2, -0.15) is 0 Å². The minimum atomic E-state index is 0.0286. The second-order valence-electron chi connectivity index (χ2n) is 3.85. The summed E-state index contributed by atoms with van der Waals surface area (Å²) in [5, 5.41) is 3.23. The van der Waals surface area contributed by atoms with Crippen molar-refractivity contribution in [2.24, 2.45) is 0 Å². The molecule has 0 aliphatic carbocycles. The summed E-state index contributed by atoms with van der Waals surface area (Å²) in [7, 11) is 0. The Balaban J connectivity index is 2.77. The number of pyridine rings is 1. The van der Waals surface area contributed by atoms with Crippen molar-refractivity contribution < 1.29 is 0 Å². The van der Waals surface area contributed by atoms with E-state index in [0.29, 0.717) is 0 Å². The van der Waals surface area contributed by atoms with Crippen LogP contribution in [0.3, 0.4) is 0 Å². The minimum Gasteiger partial charge on any atom is -0.399 e. The summed E-state index contributed by atoms with van der Waals surface area (Å²) in [4.78, 5) is 4.13. The number of rotatable bonds is 1. The van der Waals surface area contributed by atoms with E-state index in [-0.39, 0.29) is 5.54 Å². The largest absolute Gasteiger partial charge is 0.399 e. The second kappa shape index (κ2) is 3.01. The molecule has 1 heterocycles. The first-order chi connectivity index (χ1) is 5.47. The molecule has 3 nitrogen and oxygen atoms in total. The van der Waals surface area contributed by atoms with E-state index in [1.54, 1.807) is 12.3 Å². The highest BCUT2D eigenvalue weighted by Crippen LogP contribution is 2.13. The molecule has 0 unspecified atom stereocenters. The zero-order chi connectivity index (χ0) is 9.19. The molecule has 66 valence electrons. The lowest BCUT2D eigenvalue weighted by molar-refractivity contribution is 0.630. The summed E-state index contributed by atoms with van der Waals surface area (Å²) >= 11 is 0. The SMILES string of the molecule is CC(C)(C)Nc1cc(N)ccn1. The number of aromatic nitrogens is 1. The highest BCUT2D eigenvalue weighted by Gasteiger charge is 2.09. The van der Waals surface area contributed by atoms with Crippen LogP contribution in [0, 0.1) is 0 Å². The van der Waals surface area contributed by atoms with E-state index < -0.39 is 0 Å². The van der Waals surface area contributed by atoms with E-state index in [2.05, 4.69) is 31.1 Å². The zero-order valence-electron chi connectivity index (χ0n) is 7.76. The van der Waals surface area contributed by atoms with Crippen LogP contribution in [0.15, 0.2) is 18.3 Å². The fourth-order valence-corrected chi connectivity index (χ4v) is 0.899. The molecule has 0 bridgehead atoms. The average Bonchev–Trinajstić information content (AvgIpc) is 1.82. The van der Waals surface area contributed by atoms with Crippen molar-refractivity contribution in [1.29, 1.82) is 0 Å². The molecule has 1 aromatic rings. The standard InChI is InChI=1S/C9H15N3/c1-9(2,3)12-8-6-7(10)4-5-11-8/h4-6H,1-3H3,(H3,10,11,12). The van der Waals surface area contributed by atoms with Crippen molar-refractivity contribution in [3.63, 3.8) is 0 Å². The third-order valence-electron chi connectivity index (χ3n) is 1.29. The molecule has 1 rings (SSSR count). The van der Waals surface area contributed by atoms with E-state index in [1.165, 1.54) is 0 Å². The first-order valence-electron chi connectivity index (χ1n) is 3.97. The maximum absolute atomic E-state index is 5.60. The van der Waals surface area contributed by atoms with Gasteiger partial charge in [-0.3, -0.25) is 0 Å². The Morgan fingerprint density at radius 1 is 1.42 bits per heavy atom. The molecule has 0 fully saturated rings. The summed E-state index contributed by atoms with van der Waals surface area (Å²) in [5.74, 6) is 0.822. The van der Waals surface area contributed by atoms with Crippen LogP contribution in [0.2, 0.25) is 0 Å². The van der Waals surface area contributed by atoms with Crippen LogP contribution >= 0.6 is 0 Å². The Hall–Kier alpha value is -1.25. The van der Waals surface area contributed by atoms with Crippen molar-refractivity contribution in [2.75, 3.05) is 11.1 Å². The smallest absolute Gasteiger partial charge is 0.128 e. The van der Waals surface area contributed by atoms with Crippen LogP contribution < -0.4 is 11.1 Å². The second-order valence-corrected chi connectivity index (χ2v) is 3.85. The van der Waals surface area contributed by atoms with Crippen LogP contribution in [-0.4, -0.2) is 10.5 Å². The quantitative estimate of drug-likeness (QED) is 0.668. The maximum atomic E-state index is 5.60. The predicted molar refractivity (Wildman–Crippen MR) is 52.0 cm³/mol. The molecular weight excluding hydrogens is 150 g/mol. The molecule has 0 spiro atoms. The number of nitrogens with two attached hydrogens (primary N) is 1. The van der Waals surface area contributed by atoms with Gasteiger partial charge in [0, 0.05) is 23.5 Å². The molecule has 0 aromatic carbocycles. The van der Waals surface area contributed by atoms with E-state index in [4.69, 9.17) is 5.73 Å². The molecule has 0 atom stereocenters. The number of nitrogen functional groups attached to an aromatic ring is 1. The molecule has 0 radical (unpaired) electrons. The van der Waals surface area contributed by atoms with Gasteiger partial charge in [0.2, 0.25) is 0 Å².